The Morgan fingerprint density at radius 1 is 1.17 bits per heavy atom. The normalized spacial score (nSPS) is 11.5. The number of nitrogens with zero attached hydrogens (tertiary/aromatic N) is 2. The molecule has 0 aliphatic heterocycles. The highest BCUT2D eigenvalue weighted by molar-refractivity contribution is 7.13. The van der Waals surface area contributed by atoms with E-state index < -0.39 is 0 Å². The number of carbonyl (C=O) groups excluding carboxylic acids is 1. The molecule has 4 nitrogen and oxygen atoms in total. The van der Waals surface area contributed by atoms with Crippen molar-refractivity contribution in [2.24, 2.45) is 0 Å². The zero-order valence-corrected chi connectivity index (χ0v) is 15.8. The Kier molecular flexibility index (Phi) is 6.94. The van der Waals surface area contributed by atoms with Gasteiger partial charge in [-0.25, -0.2) is 4.98 Å². The van der Waals surface area contributed by atoms with Crippen LogP contribution in [-0.4, -0.2) is 41.0 Å². The molecule has 24 heavy (non-hydrogen) atoms. The minimum Gasteiger partial charge on any atom is -0.354 e. The summed E-state index contributed by atoms with van der Waals surface area (Å²) in [5.41, 5.74) is 1.93. The second kappa shape index (κ2) is 8.94. The second-order valence-corrected chi connectivity index (χ2v) is 7.32. The molecule has 0 atom stereocenters. The van der Waals surface area contributed by atoms with Crippen LogP contribution >= 0.6 is 11.3 Å². The van der Waals surface area contributed by atoms with Gasteiger partial charge in [-0.05, 0) is 27.7 Å². The maximum Gasteiger partial charge on any atom is 0.226 e. The van der Waals surface area contributed by atoms with Crippen molar-refractivity contribution in [3.63, 3.8) is 0 Å². The van der Waals surface area contributed by atoms with Gasteiger partial charge in [0, 0.05) is 36.1 Å². The first kappa shape index (κ1) is 18.6. The number of carbonyl (C=O) groups is 1. The second-order valence-electron chi connectivity index (χ2n) is 6.46. The fourth-order valence-electron chi connectivity index (χ4n) is 2.77. The van der Waals surface area contributed by atoms with Crippen LogP contribution in [0.5, 0.6) is 0 Å². The molecular formula is C19H27N3OS. The Labute approximate surface area is 148 Å². The maximum absolute atomic E-state index is 12.1. The van der Waals surface area contributed by atoms with Crippen molar-refractivity contribution in [1.29, 1.82) is 0 Å². The summed E-state index contributed by atoms with van der Waals surface area (Å²) in [4.78, 5) is 19.1. The van der Waals surface area contributed by atoms with Crippen LogP contribution in [-0.2, 0) is 11.2 Å². The number of amides is 1. The van der Waals surface area contributed by atoms with Gasteiger partial charge in [-0.15, -0.1) is 11.3 Å². The molecule has 1 heterocycles. The van der Waals surface area contributed by atoms with Crippen LogP contribution < -0.4 is 5.32 Å². The van der Waals surface area contributed by atoms with Crippen LogP contribution in [0.15, 0.2) is 35.7 Å². The van der Waals surface area contributed by atoms with E-state index in [-0.39, 0.29) is 5.91 Å². The van der Waals surface area contributed by atoms with Gasteiger partial charge >= 0.3 is 0 Å². The summed E-state index contributed by atoms with van der Waals surface area (Å²) in [6.45, 7) is 10.3. The van der Waals surface area contributed by atoms with Crippen LogP contribution in [0.2, 0.25) is 0 Å². The highest BCUT2D eigenvalue weighted by atomic mass is 32.1. The van der Waals surface area contributed by atoms with Crippen molar-refractivity contribution in [2.75, 3.05) is 13.1 Å². The molecule has 0 saturated carbocycles. The summed E-state index contributed by atoms with van der Waals surface area (Å²) in [5.74, 6) is 0.0346. The van der Waals surface area contributed by atoms with E-state index in [0.29, 0.717) is 25.0 Å². The van der Waals surface area contributed by atoms with Crippen LogP contribution in [0.25, 0.3) is 10.6 Å². The molecule has 0 bridgehead atoms. The summed E-state index contributed by atoms with van der Waals surface area (Å²) >= 11 is 1.58. The molecule has 1 aromatic carbocycles. The summed E-state index contributed by atoms with van der Waals surface area (Å²) in [6, 6.07) is 11.0. The quantitative estimate of drug-likeness (QED) is 0.795. The molecule has 1 amide bonds. The van der Waals surface area contributed by atoms with E-state index in [4.69, 9.17) is 0 Å². The number of nitrogens with one attached hydrogen (secondary N) is 1. The van der Waals surface area contributed by atoms with Crippen molar-refractivity contribution in [3.05, 3.63) is 41.4 Å². The SMILES string of the molecule is CC(C)N(CCNC(=O)Cc1csc(-c2ccccc2)n1)C(C)C. The minimum absolute atomic E-state index is 0.0346. The third kappa shape index (κ3) is 5.42. The fraction of sp³-hybridized carbons (Fsp3) is 0.474. The predicted octanol–water partition coefficient (Wildman–Crippen LogP) is 3.59. The van der Waals surface area contributed by atoms with E-state index in [1.165, 1.54) is 0 Å². The standard InChI is InChI=1S/C19H27N3OS/c1-14(2)22(15(3)4)11-10-20-18(23)12-17-13-24-19(21-17)16-8-6-5-7-9-16/h5-9,13-15H,10-12H2,1-4H3,(H,20,23). The Hall–Kier alpha value is -1.72. The Bertz CT molecular complexity index is 629. The number of hydrogen-bond donors (Lipinski definition) is 1. The number of hydrogen-bond acceptors (Lipinski definition) is 4. The Balaban J connectivity index is 1.82. The summed E-state index contributed by atoms with van der Waals surface area (Å²) in [6.07, 6.45) is 0.340. The van der Waals surface area contributed by atoms with Gasteiger partial charge in [-0.3, -0.25) is 9.69 Å². The number of benzene rings is 1. The molecule has 2 aromatic rings. The molecule has 0 unspecified atom stereocenters. The van der Waals surface area contributed by atoms with E-state index in [1.807, 2.05) is 35.7 Å². The topological polar surface area (TPSA) is 45.2 Å². The Morgan fingerprint density at radius 2 is 1.83 bits per heavy atom. The zero-order chi connectivity index (χ0) is 17.5. The summed E-state index contributed by atoms with van der Waals surface area (Å²) in [5, 5.41) is 5.94. The van der Waals surface area contributed by atoms with Gasteiger partial charge in [-0.2, -0.15) is 0 Å². The third-order valence-corrected chi connectivity index (χ3v) is 4.87. The van der Waals surface area contributed by atoms with Crippen LogP contribution in [0, 0.1) is 0 Å². The molecule has 0 aliphatic carbocycles. The van der Waals surface area contributed by atoms with Gasteiger partial charge in [0.15, 0.2) is 0 Å². The predicted molar refractivity (Wildman–Crippen MR) is 101 cm³/mol. The highest BCUT2D eigenvalue weighted by Gasteiger charge is 2.13. The number of aromatic nitrogens is 1. The van der Waals surface area contributed by atoms with Crippen molar-refractivity contribution >= 4 is 17.2 Å². The molecule has 5 heteroatoms. The van der Waals surface area contributed by atoms with E-state index in [9.17, 15) is 4.79 Å². The fourth-order valence-corrected chi connectivity index (χ4v) is 3.59. The molecular weight excluding hydrogens is 318 g/mol. The third-order valence-electron chi connectivity index (χ3n) is 3.93. The van der Waals surface area contributed by atoms with Gasteiger partial charge in [0.2, 0.25) is 5.91 Å². The van der Waals surface area contributed by atoms with Crippen molar-refractivity contribution < 1.29 is 4.79 Å². The van der Waals surface area contributed by atoms with Gasteiger partial charge in [0.1, 0.15) is 5.01 Å². The summed E-state index contributed by atoms with van der Waals surface area (Å²) in [7, 11) is 0. The molecule has 0 radical (unpaired) electrons. The lowest BCUT2D eigenvalue weighted by atomic mass is 10.2. The first-order chi connectivity index (χ1) is 11.5. The van der Waals surface area contributed by atoms with Gasteiger partial charge in [0.05, 0.1) is 12.1 Å². The first-order valence-corrected chi connectivity index (χ1v) is 9.37. The van der Waals surface area contributed by atoms with Crippen molar-refractivity contribution in [1.82, 2.24) is 15.2 Å². The van der Waals surface area contributed by atoms with E-state index in [0.717, 1.165) is 22.8 Å². The average molecular weight is 346 g/mol. The summed E-state index contributed by atoms with van der Waals surface area (Å²) < 4.78 is 0. The van der Waals surface area contributed by atoms with Crippen LogP contribution in [0.1, 0.15) is 33.4 Å². The van der Waals surface area contributed by atoms with E-state index in [1.54, 1.807) is 11.3 Å². The van der Waals surface area contributed by atoms with Gasteiger partial charge in [-0.1, -0.05) is 30.3 Å². The number of thiazole rings is 1. The van der Waals surface area contributed by atoms with Gasteiger partial charge in [0.25, 0.3) is 0 Å². The maximum atomic E-state index is 12.1. The Morgan fingerprint density at radius 3 is 2.46 bits per heavy atom. The first-order valence-electron chi connectivity index (χ1n) is 8.49. The van der Waals surface area contributed by atoms with Gasteiger partial charge < -0.3 is 5.32 Å². The lowest BCUT2D eigenvalue weighted by Gasteiger charge is -2.30. The van der Waals surface area contributed by atoms with E-state index in [2.05, 4.69) is 42.9 Å². The van der Waals surface area contributed by atoms with Crippen LogP contribution in [0.4, 0.5) is 0 Å². The minimum atomic E-state index is 0.0346. The zero-order valence-electron chi connectivity index (χ0n) is 15.0. The molecule has 2 rings (SSSR count). The van der Waals surface area contributed by atoms with Crippen molar-refractivity contribution in [2.45, 2.75) is 46.2 Å². The molecule has 0 fully saturated rings. The molecule has 0 saturated heterocycles. The number of rotatable bonds is 8. The molecule has 1 N–H and O–H groups in total. The molecule has 0 aliphatic rings. The molecule has 130 valence electrons. The van der Waals surface area contributed by atoms with Crippen molar-refractivity contribution in [3.8, 4) is 10.6 Å². The largest absolute Gasteiger partial charge is 0.354 e. The molecule has 1 aromatic heterocycles. The highest BCUT2D eigenvalue weighted by Crippen LogP contribution is 2.23. The lowest BCUT2D eigenvalue weighted by Crippen LogP contribution is -2.42. The average Bonchev–Trinajstić information content (AvgIpc) is 3.00. The smallest absolute Gasteiger partial charge is 0.226 e. The van der Waals surface area contributed by atoms with E-state index >= 15 is 0 Å². The monoisotopic (exact) mass is 345 g/mol. The van der Waals surface area contributed by atoms with Crippen LogP contribution in [0.3, 0.4) is 0 Å². The molecule has 0 spiro atoms. The lowest BCUT2D eigenvalue weighted by molar-refractivity contribution is -0.120.